The summed E-state index contributed by atoms with van der Waals surface area (Å²) in [7, 11) is 0. The van der Waals surface area contributed by atoms with Crippen molar-refractivity contribution < 1.29 is 0 Å². The smallest absolute Gasteiger partial charge is 0.252 e. The van der Waals surface area contributed by atoms with Crippen LogP contribution in [0.2, 0.25) is 0 Å². The molecule has 2 aromatic rings. The van der Waals surface area contributed by atoms with Crippen LogP contribution in [-0.4, -0.2) is 9.97 Å². The third-order valence-electron chi connectivity index (χ3n) is 2.12. The van der Waals surface area contributed by atoms with Crippen molar-refractivity contribution in [3.63, 3.8) is 0 Å². The van der Waals surface area contributed by atoms with Gasteiger partial charge in [0, 0.05) is 29.7 Å². The van der Waals surface area contributed by atoms with Crippen LogP contribution >= 0.6 is 11.6 Å². The molecule has 2 heterocycles. The Kier molecular flexibility index (Phi) is 2.83. The van der Waals surface area contributed by atoms with Crippen LogP contribution < -0.4 is 5.56 Å². The second kappa shape index (κ2) is 4.28. The van der Waals surface area contributed by atoms with E-state index in [-0.39, 0.29) is 11.4 Å². The van der Waals surface area contributed by atoms with Gasteiger partial charge in [0.1, 0.15) is 0 Å². The van der Waals surface area contributed by atoms with E-state index in [9.17, 15) is 4.79 Å². The van der Waals surface area contributed by atoms with Crippen molar-refractivity contribution in [2.24, 2.45) is 0 Å². The third kappa shape index (κ3) is 2.07. The molecule has 0 aliphatic heterocycles. The fourth-order valence-electron chi connectivity index (χ4n) is 1.33. The Labute approximate surface area is 91.8 Å². The quantitative estimate of drug-likeness (QED) is 0.789. The monoisotopic (exact) mass is 220 g/mol. The lowest BCUT2D eigenvalue weighted by molar-refractivity contribution is 1.16. The highest BCUT2D eigenvalue weighted by Gasteiger charge is 2.02. The van der Waals surface area contributed by atoms with Crippen LogP contribution in [0.4, 0.5) is 0 Å². The second-order valence-corrected chi connectivity index (χ2v) is 3.39. The number of hydrogen-bond donors (Lipinski definition) is 1. The lowest BCUT2D eigenvalue weighted by Gasteiger charge is -2.01. The number of hydrogen-bond acceptors (Lipinski definition) is 2. The van der Waals surface area contributed by atoms with Gasteiger partial charge in [0.15, 0.2) is 0 Å². The summed E-state index contributed by atoms with van der Waals surface area (Å²) >= 11 is 5.66. The number of rotatable bonds is 2. The number of nitrogens with one attached hydrogen (secondary N) is 1. The van der Waals surface area contributed by atoms with Crippen molar-refractivity contribution in [3.8, 4) is 11.1 Å². The van der Waals surface area contributed by atoms with E-state index >= 15 is 0 Å². The van der Waals surface area contributed by atoms with Crippen LogP contribution in [0.5, 0.6) is 0 Å². The zero-order valence-electron chi connectivity index (χ0n) is 7.90. The van der Waals surface area contributed by atoms with E-state index in [1.807, 2.05) is 12.1 Å². The van der Waals surface area contributed by atoms with Gasteiger partial charge in [-0.2, -0.15) is 0 Å². The molecule has 0 radical (unpaired) electrons. The van der Waals surface area contributed by atoms with Gasteiger partial charge in [0.05, 0.1) is 5.88 Å². The van der Waals surface area contributed by atoms with E-state index in [0.29, 0.717) is 5.56 Å². The molecular weight excluding hydrogens is 212 g/mol. The lowest BCUT2D eigenvalue weighted by Crippen LogP contribution is -2.10. The molecule has 0 saturated heterocycles. The molecular formula is C11H9ClN2O. The van der Waals surface area contributed by atoms with Gasteiger partial charge in [-0.1, -0.05) is 6.07 Å². The molecule has 0 saturated carbocycles. The van der Waals surface area contributed by atoms with Gasteiger partial charge >= 0.3 is 0 Å². The zero-order chi connectivity index (χ0) is 10.7. The fraction of sp³-hybridized carbons (Fsp3) is 0.0909. The Morgan fingerprint density at radius 1 is 1.40 bits per heavy atom. The SMILES string of the molecule is O=c1[nH]cc(-c2cccnc2)cc1CCl. The van der Waals surface area contributed by atoms with Crippen molar-refractivity contribution in [2.45, 2.75) is 5.88 Å². The van der Waals surface area contributed by atoms with Crippen molar-refractivity contribution in [1.82, 2.24) is 9.97 Å². The molecule has 0 bridgehead atoms. The Hall–Kier alpha value is -1.61. The summed E-state index contributed by atoms with van der Waals surface area (Å²) < 4.78 is 0. The minimum Gasteiger partial charge on any atom is -0.328 e. The molecule has 0 fully saturated rings. The van der Waals surface area contributed by atoms with E-state index in [1.54, 1.807) is 24.7 Å². The van der Waals surface area contributed by atoms with Crippen molar-refractivity contribution in [1.29, 1.82) is 0 Å². The van der Waals surface area contributed by atoms with Gasteiger partial charge in [0.25, 0.3) is 5.56 Å². The standard InChI is InChI=1S/C11H9ClN2O/c12-5-9-4-10(7-14-11(9)15)8-2-1-3-13-6-8/h1-4,6-7H,5H2,(H,14,15). The number of aromatic amines is 1. The van der Waals surface area contributed by atoms with E-state index < -0.39 is 0 Å². The topological polar surface area (TPSA) is 45.8 Å². The Balaban J connectivity index is 2.51. The first-order valence-corrected chi connectivity index (χ1v) is 5.02. The summed E-state index contributed by atoms with van der Waals surface area (Å²) in [6.45, 7) is 0. The molecule has 0 aliphatic carbocycles. The van der Waals surface area contributed by atoms with E-state index in [0.717, 1.165) is 11.1 Å². The first kappa shape index (κ1) is 9.93. The number of aromatic nitrogens is 2. The largest absolute Gasteiger partial charge is 0.328 e. The number of alkyl halides is 1. The van der Waals surface area contributed by atoms with E-state index in [4.69, 9.17) is 11.6 Å². The average Bonchev–Trinajstić information content (AvgIpc) is 2.31. The Bertz CT molecular complexity index is 507. The van der Waals surface area contributed by atoms with Gasteiger partial charge < -0.3 is 4.98 Å². The summed E-state index contributed by atoms with van der Waals surface area (Å²) in [6, 6.07) is 5.56. The maximum absolute atomic E-state index is 11.3. The van der Waals surface area contributed by atoms with E-state index in [1.165, 1.54) is 0 Å². The van der Waals surface area contributed by atoms with Crippen LogP contribution in [0.1, 0.15) is 5.56 Å². The molecule has 0 spiro atoms. The van der Waals surface area contributed by atoms with Gasteiger partial charge in [0.2, 0.25) is 0 Å². The van der Waals surface area contributed by atoms with Crippen molar-refractivity contribution >= 4 is 11.6 Å². The number of nitrogens with zero attached hydrogens (tertiary/aromatic N) is 1. The summed E-state index contributed by atoms with van der Waals surface area (Å²) in [6.07, 6.45) is 5.11. The van der Waals surface area contributed by atoms with Crippen LogP contribution in [-0.2, 0) is 5.88 Å². The average molecular weight is 221 g/mol. The van der Waals surface area contributed by atoms with Crippen LogP contribution in [0.25, 0.3) is 11.1 Å². The highest BCUT2D eigenvalue weighted by atomic mass is 35.5. The lowest BCUT2D eigenvalue weighted by atomic mass is 10.1. The maximum Gasteiger partial charge on any atom is 0.252 e. The van der Waals surface area contributed by atoms with Crippen LogP contribution in [0, 0.1) is 0 Å². The molecule has 0 amide bonds. The molecule has 0 aromatic carbocycles. The molecule has 76 valence electrons. The summed E-state index contributed by atoms with van der Waals surface area (Å²) in [4.78, 5) is 17.9. The van der Waals surface area contributed by atoms with Gasteiger partial charge in [-0.05, 0) is 17.7 Å². The molecule has 4 heteroatoms. The van der Waals surface area contributed by atoms with Crippen molar-refractivity contribution in [2.75, 3.05) is 0 Å². The fourth-order valence-corrected chi connectivity index (χ4v) is 1.53. The van der Waals surface area contributed by atoms with Gasteiger partial charge in [-0.3, -0.25) is 9.78 Å². The minimum absolute atomic E-state index is 0.141. The van der Waals surface area contributed by atoms with Crippen molar-refractivity contribution in [3.05, 3.63) is 52.7 Å². The molecule has 0 atom stereocenters. The molecule has 1 N–H and O–H groups in total. The first-order chi connectivity index (χ1) is 7.31. The summed E-state index contributed by atoms with van der Waals surface area (Å²) in [5.41, 5.74) is 2.30. The van der Waals surface area contributed by atoms with Crippen LogP contribution in [0.15, 0.2) is 41.6 Å². The third-order valence-corrected chi connectivity index (χ3v) is 2.41. The molecule has 15 heavy (non-hydrogen) atoms. The van der Waals surface area contributed by atoms with Crippen LogP contribution in [0.3, 0.4) is 0 Å². The number of H-pyrrole nitrogens is 1. The number of halogens is 1. The molecule has 0 unspecified atom stereocenters. The molecule has 0 aliphatic rings. The van der Waals surface area contributed by atoms with E-state index in [2.05, 4.69) is 9.97 Å². The molecule has 2 aromatic heterocycles. The zero-order valence-corrected chi connectivity index (χ0v) is 8.66. The van der Waals surface area contributed by atoms with Gasteiger partial charge in [-0.25, -0.2) is 0 Å². The maximum atomic E-state index is 11.3. The predicted molar refractivity (Wildman–Crippen MR) is 59.9 cm³/mol. The second-order valence-electron chi connectivity index (χ2n) is 3.12. The number of pyridine rings is 2. The highest BCUT2D eigenvalue weighted by molar-refractivity contribution is 6.17. The summed E-state index contributed by atoms with van der Waals surface area (Å²) in [5.74, 6) is 0.212. The Morgan fingerprint density at radius 2 is 2.27 bits per heavy atom. The summed E-state index contributed by atoms with van der Waals surface area (Å²) in [5, 5.41) is 0. The predicted octanol–water partition coefficient (Wildman–Crippen LogP) is 2.18. The Morgan fingerprint density at radius 3 is 2.93 bits per heavy atom. The molecule has 3 nitrogen and oxygen atoms in total. The molecule has 2 rings (SSSR count). The first-order valence-electron chi connectivity index (χ1n) is 4.49. The van der Waals surface area contributed by atoms with Gasteiger partial charge in [-0.15, -0.1) is 11.6 Å². The highest BCUT2D eigenvalue weighted by Crippen LogP contribution is 2.16. The minimum atomic E-state index is -0.141. The normalized spacial score (nSPS) is 10.2.